The first-order valence-electron chi connectivity index (χ1n) is 6.89. The lowest BCUT2D eigenvalue weighted by Gasteiger charge is -2.30. The van der Waals surface area contributed by atoms with E-state index in [1.807, 2.05) is 0 Å². The average Bonchev–Trinajstić information content (AvgIpc) is 2.22. The summed E-state index contributed by atoms with van der Waals surface area (Å²) >= 11 is 0. The molecular weight excluding hydrogens is 214 g/mol. The highest BCUT2D eigenvalue weighted by molar-refractivity contribution is 5.67. The number of carboxylic acid groups (broad SMARTS) is 1. The third kappa shape index (κ3) is 6.67. The normalized spacial score (nSPS) is 16.8. The maximum atomic E-state index is 10.7. The van der Waals surface area contributed by atoms with Crippen LogP contribution in [0.25, 0.3) is 0 Å². The van der Waals surface area contributed by atoms with Gasteiger partial charge in [0.2, 0.25) is 0 Å². The Bertz CT molecular complexity index is 216. The van der Waals surface area contributed by atoms with Crippen LogP contribution in [0.5, 0.6) is 0 Å². The fourth-order valence-electron chi connectivity index (χ4n) is 2.61. The molecular formula is C14H29NO2. The maximum Gasteiger partial charge on any atom is 0.304 e. The summed E-state index contributed by atoms with van der Waals surface area (Å²) in [5, 5.41) is 8.82. The van der Waals surface area contributed by atoms with Crippen LogP contribution in [0.2, 0.25) is 0 Å². The second-order valence-electron chi connectivity index (χ2n) is 5.47. The Morgan fingerprint density at radius 2 is 1.76 bits per heavy atom. The molecule has 0 aliphatic carbocycles. The Hall–Kier alpha value is -0.570. The lowest BCUT2D eigenvalue weighted by molar-refractivity contribution is -0.137. The smallest absolute Gasteiger partial charge is 0.304 e. The van der Waals surface area contributed by atoms with Crippen molar-refractivity contribution in [2.75, 3.05) is 0 Å². The monoisotopic (exact) mass is 243 g/mol. The first kappa shape index (κ1) is 16.4. The maximum absolute atomic E-state index is 10.7. The standard InChI is InChI=1S/C14H29NO2/c1-5-11(8-7-10(3)4)12(6-2)13(15)9-14(16)17/h10-13H,5-9,15H2,1-4H3,(H,16,17). The first-order valence-corrected chi connectivity index (χ1v) is 6.89. The average molecular weight is 243 g/mol. The zero-order valence-corrected chi connectivity index (χ0v) is 11.8. The number of carboxylic acids is 1. The molecule has 102 valence electrons. The van der Waals surface area contributed by atoms with Gasteiger partial charge in [0.25, 0.3) is 0 Å². The Balaban J connectivity index is 4.40. The highest BCUT2D eigenvalue weighted by atomic mass is 16.4. The number of carbonyl (C=O) groups is 1. The SMILES string of the molecule is CCC(CCC(C)C)C(CC)C(N)CC(=O)O. The molecule has 0 saturated heterocycles. The van der Waals surface area contributed by atoms with Crippen molar-refractivity contribution in [1.29, 1.82) is 0 Å². The van der Waals surface area contributed by atoms with Crippen molar-refractivity contribution >= 4 is 5.97 Å². The molecule has 3 unspecified atom stereocenters. The van der Waals surface area contributed by atoms with Crippen molar-refractivity contribution in [3.8, 4) is 0 Å². The van der Waals surface area contributed by atoms with E-state index in [1.165, 1.54) is 12.8 Å². The Kier molecular flexibility index (Phi) is 8.23. The first-order chi connectivity index (χ1) is 7.92. The largest absolute Gasteiger partial charge is 0.481 e. The van der Waals surface area contributed by atoms with E-state index in [0.29, 0.717) is 17.8 Å². The van der Waals surface area contributed by atoms with Gasteiger partial charge in [0.05, 0.1) is 6.42 Å². The van der Waals surface area contributed by atoms with E-state index in [1.54, 1.807) is 0 Å². The molecule has 0 radical (unpaired) electrons. The van der Waals surface area contributed by atoms with Crippen LogP contribution >= 0.6 is 0 Å². The van der Waals surface area contributed by atoms with Crippen LogP contribution in [-0.2, 0) is 4.79 Å². The molecule has 3 N–H and O–H groups in total. The molecule has 0 aliphatic rings. The molecule has 0 rings (SSSR count). The zero-order valence-electron chi connectivity index (χ0n) is 11.8. The Morgan fingerprint density at radius 3 is 2.12 bits per heavy atom. The molecule has 3 atom stereocenters. The summed E-state index contributed by atoms with van der Waals surface area (Å²) in [7, 11) is 0. The minimum atomic E-state index is -0.783. The van der Waals surface area contributed by atoms with Crippen LogP contribution in [0.1, 0.15) is 59.8 Å². The number of hydrogen-bond donors (Lipinski definition) is 2. The van der Waals surface area contributed by atoms with Crippen molar-refractivity contribution in [2.24, 2.45) is 23.5 Å². The van der Waals surface area contributed by atoms with E-state index in [9.17, 15) is 4.79 Å². The van der Waals surface area contributed by atoms with Gasteiger partial charge < -0.3 is 10.8 Å². The van der Waals surface area contributed by atoms with Gasteiger partial charge in [-0.1, -0.05) is 47.0 Å². The molecule has 0 amide bonds. The van der Waals surface area contributed by atoms with Crippen molar-refractivity contribution in [2.45, 2.75) is 65.8 Å². The molecule has 0 aromatic carbocycles. The fourth-order valence-corrected chi connectivity index (χ4v) is 2.61. The molecule has 0 saturated carbocycles. The summed E-state index contributed by atoms with van der Waals surface area (Å²) in [5.41, 5.74) is 6.03. The van der Waals surface area contributed by atoms with E-state index in [4.69, 9.17) is 10.8 Å². The van der Waals surface area contributed by atoms with Crippen molar-refractivity contribution in [3.63, 3.8) is 0 Å². The topological polar surface area (TPSA) is 63.3 Å². The summed E-state index contributed by atoms with van der Waals surface area (Å²) in [6.45, 7) is 8.75. The second kappa shape index (κ2) is 8.51. The number of aliphatic carboxylic acids is 1. The van der Waals surface area contributed by atoms with E-state index < -0.39 is 5.97 Å². The molecule has 3 heteroatoms. The van der Waals surface area contributed by atoms with E-state index >= 15 is 0 Å². The molecule has 0 aromatic rings. The van der Waals surface area contributed by atoms with E-state index in [2.05, 4.69) is 27.7 Å². The number of nitrogens with two attached hydrogens (primary N) is 1. The summed E-state index contributed by atoms with van der Waals surface area (Å²) in [6.07, 6.45) is 4.54. The number of rotatable bonds is 9. The molecule has 0 spiro atoms. The zero-order chi connectivity index (χ0) is 13.4. The fraction of sp³-hybridized carbons (Fsp3) is 0.929. The summed E-state index contributed by atoms with van der Waals surface area (Å²) < 4.78 is 0. The van der Waals surface area contributed by atoms with Gasteiger partial charge >= 0.3 is 5.97 Å². The van der Waals surface area contributed by atoms with Gasteiger partial charge in [-0.15, -0.1) is 0 Å². The molecule has 0 bridgehead atoms. The molecule has 0 fully saturated rings. The van der Waals surface area contributed by atoms with E-state index in [0.717, 1.165) is 12.8 Å². The minimum Gasteiger partial charge on any atom is -0.481 e. The van der Waals surface area contributed by atoms with Gasteiger partial charge in [-0.2, -0.15) is 0 Å². The lowest BCUT2D eigenvalue weighted by atomic mass is 9.78. The molecule has 0 aromatic heterocycles. The third-order valence-corrected chi connectivity index (χ3v) is 3.68. The van der Waals surface area contributed by atoms with Crippen LogP contribution in [-0.4, -0.2) is 17.1 Å². The highest BCUT2D eigenvalue weighted by Crippen LogP contribution is 2.29. The van der Waals surface area contributed by atoms with Gasteiger partial charge in [-0.05, 0) is 24.2 Å². The van der Waals surface area contributed by atoms with Crippen LogP contribution in [0, 0.1) is 17.8 Å². The second-order valence-corrected chi connectivity index (χ2v) is 5.47. The van der Waals surface area contributed by atoms with Gasteiger partial charge in [-0.25, -0.2) is 0 Å². The van der Waals surface area contributed by atoms with Crippen LogP contribution in [0.3, 0.4) is 0 Å². The Morgan fingerprint density at radius 1 is 1.18 bits per heavy atom. The molecule has 0 heterocycles. The van der Waals surface area contributed by atoms with Gasteiger partial charge in [-0.3, -0.25) is 4.79 Å². The van der Waals surface area contributed by atoms with Gasteiger partial charge in [0, 0.05) is 6.04 Å². The van der Waals surface area contributed by atoms with Crippen molar-refractivity contribution in [3.05, 3.63) is 0 Å². The van der Waals surface area contributed by atoms with Crippen LogP contribution in [0.4, 0.5) is 0 Å². The predicted molar refractivity (Wildman–Crippen MR) is 71.9 cm³/mol. The van der Waals surface area contributed by atoms with Crippen molar-refractivity contribution < 1.29 is 9.90 Å². The molecule has 3 nitrogen and oxygen atoms in total. The summed E-state index contributed by atoms with van der Waals surface area (Å²) in [5.74, 6) is 0.832. The summed E-state index contributed by atoms with van der Waals surface area (Å²) in [4.78, 5) is 10.7. The Labute approximate surface area is 106 Å². The van der Waals surface area contributed by atoms with Gasteiger partial charge in [0.1, 0.15) is 0 Å². The highest BCUT2D eigenvalue weighted by Gasteiger charge is 2.26. The quantitative estimate of drug-likeness (QED) is 0.653. The lowest BCUT2D eigenvalue weighted by Crippen LogP contribution is -2.36. The molecule has 0 aliphatic heterocycles. The minimum absolute atomic E-state index is 0.0939. The predicted octanol–water partition coefficient (Wildman–Crippen LogP) is 3.28. The third-order valence-electron chi connectivity index (χ3n) is 3.68. The summed E-state index contributed by atoms with van der Waals surface area (Å²) in [6, 6.07) is -0.199. The van der Waals surface area contributed by atoms with Crippen LogP contribution in [0.15, 0.2) is 0 Å². The van der Waals surface area contributed by atoms with Crippen LogP contribution < -0.4 is 5.73 Å². The number of hydrogen-bond acceptors (Lipinski definition) is 2. The molecule has 17 heavy (non-hydrogen) atoms. The van der Waals surface area contributed by atoms with Crippen molar-refractivity contribution in [1.82, 2.24) is 0 Å². The van der Waals surface area contributed by atoms with Gasteiger partial charge in [0.15, 0.2) is 0 Å². The van der Waals surface area contributed by atoms with E-state index in [-0.39, 0.29) is 12.5 Å².